The molecule has 2 heterocycles. The molecule has 1 atom stereocenters. The summed E-state index contributed by atoms with van der Waals surface area (Å²) in [5, 5.41) is 10.2. The Bertz CT molecular complexity index is 801. The van der Waals surface area contributed by atoms with Gasteiger partial charge in [0.1, 0.15) is 11.6 Å². The molecule has 7 heteroatoms. The van der Waals surface area contributed by atoms with Gasteiger partial charge in [-0.2, -0.15) is 5.10 Å². The molecule has 1 aromatic carbocycles. The number of halogens is 1. The fourth-order valence-corrected chi connectivity index (χ4v) is 3.51. The summed E-state index contributed by atoms with van der Waals surface area (Å²) >= 11 is 0. The molecular weight excluding hydrogens is 333 g/mol. The Hall–Kier alpha value is -2.57. The van der Waals surface area contributed by atoms with Gasteiger partial charge >= 0.3 is 6.03 Å². The van der Waals surface area contributed by atoms with E-state index in [4.69, 9.17) is 0 Å². The molecule has 2 fully saturated rings. The summed E-state index contributed by atoms with van der Waals surface area (Å²) in [6.07, 6.45) is 3.30. The molecule has 1 saturated heterocycles. The van der Waals surface area contributed by atoms with E-state index in [0.717, 1.165) is 25.2 Å². The molecule has 1 aromatic heterocycles. The third kappa shape index (κ3) is 3.66. The van der Waals surface area contributed by atoms with Gasteiger partial charge in [-0.05, 0) is 37.3 Å². The number of nitrogens with one attached hydrogen (secondary N) is 2. The zero-order valence-corrected chi connectivity index (χ0v) is 14.9. The quantitative estimate of drug-likeness (QED) is 0.864. The average Bonchev–Trinajstić information content (AvgIpc) is 3.27. The van der Waals surface area contributed by atoms with E-state index in [9.17, 15) is 9.18 Å². The number of rotatable bonds is 5. The first-order chi connectivity index (χ1) is 12.6. The Kier molecular flexibility index (Phi) is 4.53. The summed E-state index contributed by atoms with van der Waals surface area (Å²) in [6.45, 7) is 2.13. The third-order valence-electron chi connectivity index (χ3n) is 5.17. The van der Waals surface area contributed by atoms with Crippen LogP contribution in [0.25, 0.3) is 0 Å². The first kappa shape index (κ1) is 16.9. The van der Waals surface area contributed by atoms with Crippen LogP contribution >= 0.6 is 0 Å². The van der Waals surface area contributed by atoms with Crippen molar-refractivity contribution in [2.24, 2.45) is 13.0 Å². The lowest BCUT2D eigenvalue weighted by Gasteiger charge is -2.19. The standard InChI is InChI=1S/C19H24FN5O/c1-24-18(10-16(23-24)14-6-7-14)22-19(26)21-11-13-8-9-25(12-13)17-5-3-2-4-15(17)20/h2-5,10,13-14H,6-9,11-12H2,1H3,(H2,21,22,26). The van der Waals surface area contributed by atoms with Gasteiger partial charge in [0.05, 0.1) is 11.4 Å². The molecule has 1 aliphatic heterocycles. The van der Waals surface area contributed by atoms with Crippen molar-refractivity contribution in [3.05, 3.63) is 41.8 Å². The molecule has 2 aliphatic rings. The SMILES string of the molecule is Cn1nc(C2CC2)cc1NC(=O)NCC1CCN(c2ccccc2F)C1. The third-order valence-corrected chi connectivity index (χ3v) is 5.17. The van der Waals surface area contributed by atoms with Gasteiger partial charge in [-0.1, -0.05) is 12.1 Å². The van der Waals surface area contributed by atoms with Crippen molar-refractivity contribution < 1.29 is 9.18 Å². The fraction of sp³-hybridized carbons (Fsp3) is 0.474. The molecule has 138 valence electrons. The number of carbonyl (C=O) groups excluding carboxylic acids is 1. The van der Waals surface area contributed by atoms with Crippen molar-refractivity contribution in [1.82, 2.24) is 15.1 Å². The number of hydrogen-bond acceptors (Lipinski definition) is 3. The average molecular weight is 357 g/mol. The monoisotopic (exact) mass is 357 g/mol. The van der Waals surface area contributed by atoms with E-state index in [-0.39, 0.29) is 11.8 Å². The molecular formula is C19H24FN5O. The predicted octanol–water partition coefficient (Wildman–Crippen LogP) is 3.08. The number of aryl methyl sites for hydroxylation is 1. The Labute approximate surface area is 152 Å². The zero-order chi connectivity index (χ0) is 18.1. The Morgan fingerprint density at radius 2 is 2.12 bits per heavy atom. The van der Waals surface area contributed by atoms with Gasteiger partial charge in [0.2, 0.25) is 0 Å². The van der Waals surface area contributed by atoms with E-state index in [2.05, 4.69) is 15.7 Å². The van der Waals surface area contributed by atoms with Gasteiger partial charge in [-0.15, -0.1) is 0 Å². The van der Waals surface area contributed by atoms with Crippen LogP contribution in [-0.2, 0) is 7.05 Å². The molecule has 1 unspecified atom stereocenters. The largest absolute Gasteiger partial charge is 0.369 e. The van der Waals surface area contributed by atoms with Gasteiger partial charge < -0.3 is 10.2 Å². The highest BCUT2D eigenvalue weighted by Crippen LogP contribution is 2.39. The molecule has 2 amide bonds. The normalized spacial score (nSPS) is 19.6. The van der Waals surface area contributed by atoms with Crippen LogP contribution in [0.2, 0.25) is 0 Å². The van der Waals surface area contributed by atoms with Crippen LogP contribution in [0.5, 0.6) is 0 Å². The number of urea groups is 1. The van der Waals surface area contributed by atoms with Crippen LogP contribution < -0.4 is 15.5 Å². The smallest absolute Gasteiger partial charge is 0.320 e. The minimum Gasteiger partial charge on any atom is -0.369 e. The molecule has 0 bridgehead atoms. The van der Waals surface area contributed by atoms with Crippen LogP contribution in [0.4, 0.5) is 20.7 Å². The molecule has 2 N–H and O–H groups in total. The number of carbonyl (C=O) groups is 1. The maximum atomic E-state index is 13.9. The molecule has 0 spiro atoms. The van der Waals surface area contributed by atoms with E-state index >= 15 is 0 Å². The number of para-hydroxylation sites is 1. The van der Waals surface area contributed by atoms with Crippen LogP contribution in [0.1, 0.15) is 30.9 Å². The van der Waals surface area contributed by atoms with E-state index in [1.807, 2.05) is 24.1 Å². The second-order valence-electron chi connectivity index (χ2n) is 7.24. The maximum absolute atomic E-state index is 13.9. The molecule has 1 aliphatic carbocycles. The van der Waals surface area contributed by atoms with Gasteiger partial charge in [-0.25, -0.2) is 9.18 Å². The van der Waals surface area contributed by atoms with E-state index in [1.165, 1.54) is 18.9 Å². The molecule has 2 aromatic rings. The zero-order valence-electron chi connectivity index (χ0n) is 14.9. The fourth-order valence-electron chi connectivity index (χ4n) is 3.51. The summed E-state index contributed by atoms with van der Waals surface area (Å²) in [5.41, 5.74) is 1.70. The van der Waals surface area contributed by atoms with Crippen LogP contribution in [-0.4, -0.2) is 35.4 Å². The van der Waals surface area contributed by atoms with E-state index in [1.54, 1.807) is 16.8 Å². The van der Waals surface area contributed by atoms with Gasteiger partial charge in [0.25, 0.3) is 0 Å². The molecule has 1 saturated carbocycles. The predicted molar refractivity (Wildman–Crippen MR) is 98.9 cm³/mol. The number of anilines is 2. The second-order valence-corrected chi connectivity index (χ2v) is 7.24. The molecule has 0 radical (unpaired) electrons. The van der Waals surface area contributed by atoms with Crippen LogP contribution in [0.3, 0.4) is 0 Å². The number of hydrogen-bond donors (Lipinski definition) is 2. The highest BCUT2D eigenvalue weighted by molar-refractivity contribution is 5.88. The maximum Gasteiger partial charge on any atom is 0.320 e. The second kappa shape index (κ2) is 6.97. The van der Waals surface area contributed by atoms with E-state index in [0.29, 0.717) is 29.9 Å². The van der Waals surface area contributed by atoms with Crippen molar-refractivity contribution in [2.45, 2.75) is 25.2 Å². The molecule has 4 rings (SSSR count). The van der Waals surface area contributed by atoms with Crippen LogP contribution in [0.15, 0.2) is 30.3 Å². The topological polar surface area (TPSA) is 62.2 Å². The highest BCUT2D eigenvalue weighted by Gasteiger charge is 2.27. The van der Waals surface area contributed by atoms with Gasteiger partial charge in [-0.3, -0.25) is 10.00 Å². The number of aromatic nitrogens is 2. The minimum absolute atomic E-state index is 0.193. The molecule has 26 heavy (non-hydrogen) atoms. The molecule has 6 nitrogen and oxygen atoms in total. The van der Waals surface area contributed by atoms with Gasteiger partial charge in [0.15, 0.2) is 0 Å². The summed E-state index contributed by atoms with van der Waals surface area (Å²) in [7, 11) is 1.84. The lowest BCUT2D eigenvalue weighted by atomic mass is 10.1. The Morgan fingerprint density at radius 1 is 1.31 bits per heavy atom. The Balaban J connectivity index is 1.27. The van der Waals surface area contributed by atoms with Crippen molar-refractivity contribution in [3.63, 3.8) is 0 Å². The van der Waals surface area contributed by atoms with Crippen molar-refractivity contribution in [3.8, 4) is 0 Å². The van der Waals surface area contributed by atoms with Crippen molar-refractivity contribution >= 4 is 17.5 Å². The first-order valence-corrected chi connectivity index (χ1v) is 9.18. The summed E-state index contributed by atoms with van der Waals surface area (Å²) in [6, 6.07) is 8.56. The minimum atomic E-state index is -0.223. The van der Waals surface area contributed by atoms with Crippen molar-refractivity contribution in [2.75, 3.05) is 29.9 Å². The summed E-state index contributed by atoms with van der Waals surface area (Å²) in [5.74, 6) is 1.39. The highest BCUT2D eigenvalue weighted by atomic mass is 19.1. The summed E-state index contributed by atoms with van der Waals surface area (Å²) in [4.78, 5) is 14.2. The number of amides is 2. The lowest BCUT2D eigenvalue weighted by Crippen LogP contribution is -2.34. The first-order valence-electron chi connectivity index (χ1n) is 9.18. The number of nitrogens with zero attached hydrogens (tertiary/aromatic N) is 3. The number of benzene rings is 1. The Morgan fingerprint density at radius 3 is 2.88 bits per heavy atom. The van der Waals surface area contributed by atoms with Crippen LogP contribution in [0, 0.1) is 11.7 Å². The summed E-state index contributed by atoms with van der Waals surface area (Å²) < 4.78 is 15.6. The lowest BCUT2D eigenvalue weighted by molar-refractivity contribution is 0.250. The van der Waals surface area contributed by atoms with Gasteiger partial charge in [0, 0.05) is 38.7 Å². The van der Waals surface area contributed by atoms with E-state index < -0.39 is 0 Å². The van der Waals surface area contributed by atoms with Crippen molar-refractivity contribution in [1.29, 1.82) is 0 Å².